The van der Waals surface area contributed by atoms with Gasteiger partial charge >= 0.3 is 0 Å². The number of amides is 1. The van der Waals surface area contributed by atoms with Gasteiger partial charge in [-0.05, 0) is 31.0 Å². The fourth-order valence-corrected chi connectivity index (χ4v) is 4.94. The van der Waals surface area contributed by atoms with Gasteiger partial charge in [-0.15, -0.1) is 0 Å². The van der Waals surface area contributed by atoms with E-state index < -0.39 is 15.9 Å². The lowest BCUT2D eigenvalue weighted by Crippen LogP contribution is -2.35. The summed E-state index contributed by atoms with van der Waals surface area (Å²) < 4.78 is 27.2. The number of nitrogens with zero attached hydrogens (tertiary/aromatic N) is 3. The summed E-state index contributed by atoms with van der Waals surface area (Å²) in [5, 5.41) is 2.73. The molecule has 1 fully saturated rings. The van der Waals surface area contributed by atoms with Gasteiger partial charge in [0.15, 0.2) is 5.82 Å². The fraction of sp³-hybridized carbons (Fsp3) is 0.227. The molecule has 0 atom stereocenters. The van der Waals surface area contributed by atoms with Gasteiger partial charge in [0.2, 0.25) is 10.0 Å². The minimum atomic E-state index is -3.56. The highest BCUT2D eigenvalue weighted by atomic mass is 32.2. The summed E-state index contributed by atoms with van der Waals surface area (Å²) in [6.07, 6.45) is 5.70. The Labute approximate surface area is 175 Å². The quantitative estimate of drug-likeness (QED) is 0.679. The van der Waals surface area contributed by atoms with Gasteiger partial charge in [0.05, 0.1) is 10.5 Å². The zero-order chi connectivity index (χ0) is 21.0. The summed E-state index contributed by atoms with van der Waals surface area (Å²) in [6, 6.07) is 15.8. The SMILES string of the molecule is O=C(Nc1cccc(S(=O)(=O)N2CCCCC2)c1)c1cnc(-c2ccccc2)nc1. The highest BCUT2D eigenvalue weighted by Crippen LogP contribution is 2.23. The molecule has 2 heterocycles. The Morgan fingerprint density at radius 2 is 1.60 bits per heavy atom. The molecule has 0 saturated carbocycles. The molecule has 8 heteroatoms. The predicted molar refractivity (Wildman–Crippen MR) is 114 cm³/mol. The largest absolute Gasteiger partial charge is 0.322 e. The maximum atomic E-state index is 12.9. The average molecular weight is 423 g/mol. The van der Waals surface area contributed by atoms with Crippen LogP contribution in [0.5, 0.6) is 0 Å². The molecule has 0 unspecified atom stereocenters. The van der Waals surface area contributed by atoms with Gasteiger partial charge in [-0.1, -0.05) is 42.8 Å². The Balaban J connectivity index is 1.49. The highest BCUT2D eigenvalue weighted by molar-refractivity contribution is 7.89. The maximum absolute atomic E-state index is 12.9. The zero-order valence-electron chi connectivity index (χ0n) is 16.4. The van der Waals surface area contributed by atoms with E-state index in [1.807, 2.05) is 30.3 Å². The molecule has 0 bridgehead atoms. The summed E-state index contributed by atoms with van der Waals surface area (Å²) in [5.41, 5.74) is 1.56. The molecule has 3 aromatic rings. The highest BCUT2D eigenvalue weighted by Gasteiger charge is 2.26. The Kier molecular flexibility index (Phi) is 5.87. The van der Waals surface area contributed by atoms with Crippen molar-refractivity contribution in [3.05, 3.63) is 72.6 Å². The van der Waals surface area contributed by atoms with Crippen LogP contribution in [-0.2, 0) is 10.0 Å². The number of rotatable bonds is 5. The molecule has 1 N–H and O–H groups in total. The average Bonchev–Trinajstić information content (AvgIpc) is 2.80. The first-order valence-electron chi connectivity index (χ1n) is 9.83. The van der Waals surface area contributed by atoms with Gasteiger partial charge in [-0.3, -0.25) is 4.79 Å². The lowest BCUT2D eigenvalue weighted by molar-refractivity contribution is 0.102. The van der Waals surface area contributed by atoms with Crippen molar-refractivity contribution in [2.75, 3.05) is 18.4 Å². The van der Waals surface area contributed by atoms with Crippen LogP contribution in [0.3, 0.4) is 0 Å². The summed E-state index contributed by atoms with van der Waals surface area (Å²) in [7, 11) is -3.56. The molecular weight excluding hydrogens is 400 g/mol. The van der Waals surface area contributed by atoms with E-state index in [0.29, 0.717) is 30.2 Å². The number of piperidine rings is 1. The number of hydrogen-bond acceptors (Lipinski definition) is 5. The molecule has 0 spiro atoms. The molecule has 1 saturated heterocycles. The van der Waals surface area contributed by atoms with Crippen LogP contribution < -0.4 is 5.32 Å². The number of benzene rings is 2. The number of hydrogen-bond donors (Lipinski definition) is 1. The van der Waals surface area contributed by atoms with Gasteiger partial charge in [0.25, 0.3) is 5.91 Å². The third kappa shape index (κ3) is 4.39. The maximum Gasteiger partial charge on any atom is 0.258 e. The van der Waals surface area contributed by atoms with Crippen molar-refractivity contribution in [1.82, 2.24) is 14.3 Å². The van der Waals surface area contributed by atoms with Gasteiger partial charge in [-0.2, -0.15) is 4.31 Å². The van der Waals surface area contributed by atoms with Gasteiger partial charge in [-0.25, -0.2) is 18.4 Å². The van der Waals surface area contributed by atoms with Crippen molar-refractivity contribution in [2.24, 2.45) is 0 Å². The number of sulfonamides is 1. The van der Waals surface area contributed by atoms with E-state index in [2.05, 4.69) is 15.3 Å². The van der Waals surface area contributed by atoms with Crippen LogP contribution in [0.1, 0.15) is 29.6 Å². The van der Waals surface area contributed by atoms with Gasteiger partial charge in [0.1, 0.15) is 0 Å². The molecule has 2 aromatic carbocycles. The van der Waals surface area contributed by atoms with Crippen LogP contribution in [0.15, 0.2) is 71.9 Å². The summed E-state index contributed by atoms with van der Waals surface area (Å²) in [5.74, 6) is 0.129. The first-order valence-corrected chi connectivity index (χ1v) is 11.3. The number of carbonyl (C=O) groups excluding carboxylic acids is 1. The number of aromatic nitrogens is 2. The number of carbonyl (C=O) groups is 1. The molecule has 7 nitrogen and oxygen atoms in total. The zero-order valence-corrected chi connectivity index (χ0v) is 17.2. The van der Waals surface area contributed by atoms with Crippen LogP contribution in [0.4, 0.5) is 5.69 Å². The predicted octanol–water partition coefficient (Wildman–Crippen LogP) is 3.57. The van der Waals surface area contributed by atoms with E-state index in [9.17, 15) is 13.2 Å². The van der Waals surface area contributed by atoms with E-state index in [1.165, 1.54) is 22.8 Å². The van der Waals surface area contributed by atoms with Crippen LogP contribution in [0, 0.1) is 0 Å². The first kappa shape index (κ1) is 20.2. The minimum Gasteiger partial charge on any atom is -0.322 e. The lowest BCUT2D eigenvalue weighted by Gasteiger charge is -2.26. The number of anilines is 1. The molecule has 1 aliphatic rings. The van der Waals surface area contributed by atoms with Crippen molar-refractivity contribution in [1.29, 1.82) is 0 Å². The summed E-state index contributed by atoms with van der Waals surface area (Å²) in [4.78, 5) is 21.3. The number of nitrogens with one attached hydrogen (secondary N) is 1. The minimum absolute atomic E-state index is 0.179. The van der Waals surface area contributed by atoms with Crippen LogP contribution >= 0.6 is 0 Å². The first-order chi connectivity index (χ1) is 14.5. The Bertz CT molecular complexity index is 1130. The van der Waals surface area contributed by atoms with E-state index in [0.717, 1.165) is 24.8 Å². The van der Waals surface area contributed by atoms with Crippen molar-refractivity contribution in [3.63, 3.8) is 0 Å². The second-order valence-electron chi connectivity index (χ2n) is 7.11. The lowest BCUT2D eigenvalue weighted by atomic mass is 10.2. The molecule has 1 aliphatic heterocycles. The summed E-state index contributed by atoms with van der Waals surface area (Å²) in [6.45, 7) is 1.06. The molecule has 154 valence electrons. The van der Waals surface area contributed by atoms with E-state index >= 15 is 0 Å². The molecule has 30 heavy (non-hydrogen) atoms. The molecule has 0 aliphatic carbocycles. The fourth-order valence-electron chi connectivity index (χ4n) is 3.37. The van der Waals surface area contributed by atoms with Crippen molar-refractivity contribution >= 4 is 21.6 Å². The topological polar surface area (TPSA) is 92.3 Å². The molecule has 1 aromatic heterocycles. The van der Waals surface area contributed by atoms with Crippen LogP contribution in [0.25, 0.3) is 11.4 Å². The van der Waals surface area contributed by atoms with E-state index in [4.69, 9.17) is 0 Å². The molecule has 4 rings (SSSR count). The molecule has 0 radical (unpaired) electrons. The second-order valence-corrected chi connectivity index (χ2v) is 9.05. The Morgan fingerprint density at radius 1 is 0.900 bits per heavy atom. The molecule has 1 amide bonds. The van der Waals surface area contributed by atoms with Gasteiger partial charge < -0.3 is 5.32 Å². The van der Waals surface area contributed by atoms with Crippen molar-refractivity contribution < 1.29 is 13.2 Å². The van der Waals surface area contributed by atoms with Crippen LogP contribution in [-0.4, -0.2) is 41.7 Å². The monoisotopic (exact) mass is 422 g/mol. The smallest absolute Gasteiger partial charge is 0.258 e. The van der Waals surface area contributed by atoms with Crippen molar-refractivity contribution in [3.8, 4) is 11.4 Å². The summed E-state index contributed by atoms with van der Waals surface area (Å²) >= 11 is 0. The Hall–Kier alpha value is -3.10. The standard InChI is InChI=1S/C22H22N4O3S/c27-22(18-15-23-21(24-16-18)17-8-3-1-4-9-17)25-19-10-7-11-20(14-19)30(28,29)26-12-5-2-6-13-26/h1,3-4,7-11,14-16H,2,5-6,12-13H2,(H,25,27). The van der Waals surface area contributed by atoms with Gasteiger partial charge in [0, 0.05) is 36.7 Å². The van der Waals surface area contributed by atoms with Crippen LogP contribution in [0.2, 0.25) is 0 Å². The second kappa shape index (κ2) is 8.73. The third-order valence-corrected chi connectivity index (χ3v) is 6.89. The molecular formula is C22H22N4O3S. The van der Waals surface area contributed by atoms with Crippen molar-refractivity contribution in [2.45, 2.75) is 24.2 Å². The van der Waals surface area contributed by atoms with E-state index in [-0.39, 0.29) is 4.90 Å². The van der Waals surface area contributed by atoms with E-state index in [1.54, 1.807) is 18.2 Å². The normalized spacial score (nSPS) is 14.9. The Morgan fingerprint density at radius 3 is 2.30 bits per heavy atom. The third-order valence-electron chi connectivity index (χ3n) is 4.99.